The van der Waals surface area contributed by atoms with Gasteiger partial charge >= 0.3 is 0 Å². The maximum Gasteiger partial charge on any atom is 0.119 e. The second kappa shape index (κ2) is 9.03. The molecule has 4 heteroatoms. The van der Waals surface area contributed by atoms with Crippen molar-refractivity contribution in [2.45, 2.75) is 96.2 Å². The van der Waals surface area contributed by atoms with Crippen molar-refractivity contribution in [3.63, 3.8) is 0 Å². The van der Waals surface area contributed by atoms with E-state index in [-0.39, 0.29) is 16.9 Å². The minimum absolute atomic E-state index is 0.113. The second-order valence-corrected chi connectivity index (χ2v) is 13.5. The molecule has 4 saturated carbocycles. The Morgan fingerprint density at radius 1 is 0.886 bits per heavy atom. The van der Waals surface area contributed by atoms with Crippen LogP contribution in [0.15, 0.2) is 24.3 Å². The Bertz CT molecular complexity index is 897. The van der Waals surface area contributed by atoms with Crippen LogP contribution in [0.25, 0.3) is 0 Å². The molecular formula is C31H47NO3. The molecule has 0 amide bonds. The van der Waals surface area contributed by atoms with E-state index in [1.807, 2.05) is 0 Å². The number of aliphatic hydroxyl groups excluding tert-OH is 1. The number of hydrogen-bond donors (Lipinski definition) is 2. The lowest BCUT2D eigenvalue weighted by molar-refractivity contribution is -0.164. The SMILES string of the molecule is C[C@]12CC(O)(c3ccc(OCCN4CCCC4)cc3)CCC1CC[C@@H]1[C@H]2CC[C@]2(C)C(O)CC[C@@H]12. The molecule has 0 bridgehead atoms. The lowest BCUT2D eigenvalue weighted by atomic mass is 9.43. The van der Waals surface area contributed by atoms with Crippen molar-refractivity contribution in [3.05, 3.63) is 29.8 Å². The summed E-state index contributed by atoms with van der Waals surface area (Å²) >= 11 is 0. The van der Waals surface area contributed by atoms with Gasteiger partial charge in [0, 0.05) is 6.54 Å². The first-order valence-electron chi connectivity index (χ1n) is 14.7. The van der Waals surface area contributed by atoms with Crippen LogP contribution in [0, 0.1) is 34.5 Å². The molecule has 194 valence electrons. The summed E-state index contributed by atoms with van der Waals surface area (Å²) in [6, 6.07) is 8.39. The second-order valence-electron chi connectivity index (χ2n) is 13.5. The highest BCUT2D eigenvalue weighted by molar-refractivity contribution is 5.32. The van der Waals surface area contributed by atoms with Crippen LogP contribution in [0.2, 0.25) is 0 Å². The largest absolute Gasteiger partial charge is 0.492 e. The fourth-order valence-corrected chi connectivity index (χ4v) is 9.80. The zero-order valence-corrected chi connectivity index (χ0v) is 22.1. The molecule has 1 heterocycles. The zero-order valence-electron chi connectivity index (χ0n) is 22.1. The highest BCUT2D eigenvalue weighted by Crippen LogP contribution is 2.67. The molecule has 1 saturated heterocycles. The molecule has 1 aromatic rings. The zero-order chi connectivity index (χ0) is 24.3. The van der Waals surface area contributed by atoms with Crippen LogP contribution in [-0.4, -0.2) is 47.5 Å². The Labute approximate surface area is 212 Å². The van der Waals surface area contributed by atoms with Gasteiger partial charge in [-0.15, -0.1) is 0 Å². The van der Waals surface area contributed by atoms with Gasteiger partial charge < -0.3 is 14.9 Å². The maximum absolute atomic E-state index is 12.0. The quantitative estimate of drug-likeness (QED) is 0.562. The number of benzene rings is 1. The summed E-state index contributed by atoms with van der Waals surface area (Å²) in [5.74, 6) is 3.72. The van der Waals surface area contributed by atoms with E-state index in [1.165, 1.54) is 51.6 Å². The summed E-state index contributed by atoms with van der Waals surface area (Å²) in [6.45, 7) is 9.04. The Hall–Kier alpha value is -1.10. The molecule has 4 nitrogen and oxygen atoms in total. The fourth-order valence-electron chi connectivity index (χ4n) is 9.80. The summed E-state index contributed by atoms with van der Waals surface area (Å²) in [4.78, 5) is 2.48. The minimum atomic E-state index is -0.739. The lowest BCUT2D eigenvalue weighted by Crippen LogP contribution is -2.56. The molecule has 3 unspecified atom stereocenters. The van der Waals surface area contributed by atoms with Gasteiger partial charge in [0.25, 0.3) is 0 Å². The highest BCUT2D eigenvalue weighted by atomic mass is 16.5. The summed E-state index contributed by atoms with van der Waals surface area (Å²) in [5.41, 5.74) is 0.649. The van der Waals surface area contributed by atoms with Crippen molar-refractivity contribution in [3.8, 4) is 5.75 Å². The van der Waals surface area contributed by atoms with E-state index < -0.39 is 5.60 Å². The predicted octanol–water partition coefficient (Wildman–Crippen LogP) is 5.75. The predicted molar refractivity (Wildman–Crippen MR) is 139 cm³/mol. The molecular weight excluding hydrogens is 434 g/mol. The molecule has 5 aliphatic rings. The van der Waals surface area contributed by atoms with E-state index in [0.717, 1.165) is 68.4 Å². The van der Waals surface area contributed by atoms with Crippen LogP contribution in [-0.2, 0) is 5.60 Å². The molecule has 8 atom stereocenters. The van der Waals surface area contributed by atoms with E-state index in [9.17, 15) is 10.2 Å². The number of rotatable bonds is 5. The number of fused-ring (bicyclic) bond motifs is 5. The van der Waals surface area contributed by atoms with Crippen molar-refractivity contribution in [2.75, 3.05) is 26.2 Å². The van der Waals surface area contributed by atoms with E-state index >= 15 is 0 Å². The molecule has 6 rings (SSSR count). The molecule has 35 heavy (non-hydrogen) atoms. The van der Waals surface area contributed by atoms with Crippen LogP contribution in [0.4, 0.5) is 0 Å². The third kappa shape index (κ3) is 4.07. The van der Waals surface area contributed by atoms with Gasteiger partial charge in [0.05, 0.1) is 11.7 Å². The average Bonchev–Trinajstić information content (AvgIpc) is 3.47. The van der Waals surface area contributed by atoms with Gasteiger partial charge in [0.2, 0.25) is 0 Å². The van der Waals surface area contributed by atoms with Gasteiger partial charge in [0.1, 0.15) is 12.4 Å². The molecule has 0 spiro atoms. The normalized spacial score (nSPS) is 45.5. The third-order valence-corrected chi connectivity index (χ3v) is 11.9. The van der Waals surface area contributed by atoms with Crippen LogP contribution in [0.1, 0.15) is 90.0 Å². The topological polar surface area (TPSA) is 52.9 Å². The third-order valence-electron chi connectivity index (χ3n) is 11.9. The first-order valence-corrected chi connectivity index (χ1v) is 14.7. The Morgan fingerprint density at radius 3 is 2.40 bits per heavy atom. The Kier molecular flexibility index (Phi) is 6.25. The number of nitrogens with zero attached hydrogens (tertiary/aromatic N) is 1. The molecule has 0 aromatic heterocycles. The van der Waals surface area contributed by atoms with Crippen LogP contribution < -0.4 is 4.74 Å². The van der Waals surface area contributed by atoms with Gasteiger partial charge in [-0.1, -0.05) is 26.0 Å². The molecule has 1 aromatic carbocycles. The molecule has 0 radical (unpaired) electrons. The molecule has 4 aliphatic carbocycles. The van der Waals surface area contributed by atoms with Crippen LogP contribution >= 0.6 is 0 Å². The lowest BCUT2D eigenvalue weighted by Gasteiger charge is -2.62. The van der Waals surface area contributed by atoms with Crippen molar-refractivity contribution < 1.29 is 14.9 Å². The number of hydrogen-bond acceptors (Lipinski definition) is 4. The fraction of sp³-hybridized carbons (Fsp3) is 0.806. The molecule has 1 aliphatic heterocycles. The van der Waals surface area contributed by atoms with Crippen LogP contribution in [0.3, 0.4) is 0 Å². The van der Waals surface area contributed by atoms with Crippen molar-refractivity contribution in [1.82, 2.24) is 4.90 Å². The van der Waals surface area contributed by atoms with Gasteiger partial charge in [-0.05, 0) is 136 Å². The highest BCUT2D eigenvalue weighted by Gasteiger charge is 2.61. The first-order chi connectivity index (χ1) is 16.8. The first kappa shape index (κ1) is 24.2. The van der Waals surface area contributed by atoms with E-state index in [1.54, 1.807) is 0 Å². The smallest absolute Gasteiger partial charge is 0.119 e. The number of likely N-dealkylation sites (tertiary alicyclic amines) is 1. The summed E-state index contributed by atoms with van der Waals surface area (Å²) < 4.78 is 6.03. The summed E-state index contributed by atoms with van der Waals surface area (Å²) in [6.07, 6.45) is 12.6. The van der Waals surface area contributed by atoms with E-state index in [0.29, 0.717) is 11.8 Å². The van der Waals surface area contributed by atoms with Crippen molar-refractivity contribution >= 4 is 0 Å². The van der Waals surface area contributed by atoms with Gasteiger partial charge in [-0.3, -0.25) is 4.90 Å². The van der Waals surface area contributed by atoms with Crippen molar-refractivity contribution in [2.24, 2.45) is 34.5 Å². The Balaban J connectivity index is 1.15. The van der Waals surface area contributed by atoms with Crippen molar-refractivity contribution in [1.29, 1.82) is 0 Å². The molecule has 5 fully saturated rings. The van der Waals surface area contributed by atoms with Gasteiger partial charge in [-0.25, -0.2) is 0 Å². The summed E-state index contributed by atoms with van der Waals surface area (Å²) in [5, 5.41) is 22.8. The Morgan fingerprint density at radius 2 is 1.63 bits per heavy atom. The van der Waals surface area contributed by atoms with E-state index in [4.69, 9.17) is 4.74 Å². The van der Waals surface area contributed by atoms with Gasteiger partial charge in [-0.2, -0.15) is 0 Å². The van der Waals surface area contributed by atoms with Gasteiger partial charge in [0.15, 0.2) is 0 Å². The van der Waals surface area contributed by atoms with Crippen LogP contribution in [0.5, 0.6) is 5.75 Å². The summed E-state index contributed by atoms with van der Waals surface area (Å²) in [7, 11) is 0. The van der Waals surface area contributed by atoms with E-state index in [2.05, 4.69) is 43.0 Å². The standard InChI is InChI=1S/C31H47NO3/c1-29-15-14-27-25(26(29)11-12-28(29)33)10-7-22-13-16-31(34,21-30(22,27)2)23-5-8-24(9-6-23)35-20-19-32-17-3-4-18-32/h5-6,8-9,22,25-28,33-34H,3-4,7,10-21H2,1-2H3/t22?,25-,26-,27+,28?,29-,30-,31?/m0/s1. The monoisotopic (exact) mass is 481 g/mol. The number of ether oxygens (including phenoxy) is 1. The number of aliphatic hydroxyl groups is 2. The average molecular weight is 482 g/mol. The maximum atomic E-state index is 12.0. The molecule has 2 N–H and O–H groups in total. The minimum Gasteiger partial charge on any atom is -0.492 e.